The van der Waals surface area contributed by atoms with E-state index in [0.717, 1.165) is 50.5 Å². The number of nitrogens with zero attached hydrogens (tertiary/aromatic N) is 3. The van der Waals surface area contributed by atoms with Gasteiger partial charge in [0.15, 0.2) is 11.5 Å². The van der Waals surface area contributed by atoms with E-state index in [9.17, 15) is 9.90 Å². The van der Waals surface area contributed by atoms with Crippen LogP contribution in [-0.4, -0.2) is 78.4 Å². The van der Waals surface area contributed by atoms with Crippen molar-refractivity contribution in [2.24, 2.45) is 5.41 Å². The van der Waals surface area contributed by atoms with Crippen LogP contribution in [0.2, 0.25) is 0 Å². The highest BCUT2D eigenvalue weighted by molar-refractivity contribution is 5.81. The van der Waals surface area contributed by atoms with Crippen LogP contribution in [-0.2, 0) is 16.8 Å². The predicted octanol–water partition coefficient (Wildman–Crippen LogP) is 2.71. The van der Waals surface area contributed by atoms with Gasteiger partial charge in [-0.3, -0.25) is 9.69 Å². The zero-order valence-corrected chi connectivity index (χ0v) is 21.2. The number of hydrogen-bond acceptors (Lipinski definition) is 6. The lowest BCUT2D eigenvalue weighted by atomic mass is 9.69. The Hall–Kier alpha value is -3.03. The van der Waals surface area contributed by atoms with Gasteiger partial charge in [-0.05, 0) is 36.6 Å². The minimum Gasteiger partial charge on any atom is -0.493 e. The summed E-state index contributed by atoms with van der Waals surface area (Å²) >= 11 is 0. The zero-order valence-electron chi connectivity index (χ0n) is 21.2. The quantitative estimate of drug-likeness (QED) is 0.653. The molecular formula is C30H33N3O4. The van der Waals surface area contributed by atoms with Crippen molar-refractivity contribution >= 4 is 11.6 Å². The highest BCUT2D eigenvalue weighted by atomic mass is 16.5. The van der Waals surface area contributed by atoms with Crippen LogP contribution in [0.1, 0.15) is 30.4 Å². The minimum absolute atomic E-state index is 0.113. The Morgan fingerprint density at radius 3 is 2.89 bits per heavy atom. The van der Waals surface area contributed by atoms with Crippen LogP contribution in [0.25, 0.3) is 0 Å². The molecule has 1 N–H and O–H groups in total. The van der Waals surface area contributed by atoms with Crippen LogP contribution in [0, 0.1) is 5.41 Å². The molecule has 0 aromatic heterocycles. The second kappa shape index (κ2) is 7.51. The molecule has 2 saturated heterocycles. The maximum absolute atomic E-state index is 13.7. The SMILES string of the molecule is COc1ccc2c3c1OC1CC(O)C=CC31CCN(CC(=O)N1CC3N(c4ccccc4)CC34CC14)C2. The largest absolute Gasteiger partial charge is 0.493 e. The van der Waals surface area contributed by atoms with Gasteiger partial charge >= 0.3 is 0 Å². The molecule has 0 bridgehead atoms. The van der Waals surface area contributed by atoms with Gasteiger partial charge < -0.3 is 24.4 Å². The molecular weight excluding hydrogens is 466 g/mol. The topological polar surface area (TPSA) is 65.5 Å². The highest BCUT2D eigenvalue weighted by Gasteiger charge is 2.75. The van der Waals surface area contributed by atoms with E-state index in [0.29, 0.717) is 30.5 Å². The summed E-state index contributed by atoms with van der Waals surface area (Å²) in [5.74, 6) is 1.82. The van der Waals surface area contributed by atoms with E-state index < -0.39 is 6.10 Å². The van der Waals surface area contributed by atoms with Crippen LogP contribution in [0.4, 0.5) is 5.69 Å². The molecule has 4 heterocycles. The molecule has 4 aliphatic heterocycles. The first-order valence-corrected chi connectivity index (χ1v) is 13.6. The molecule has 3 fully saturated rings. The Morgan fingerprint density at radius 2 is 2.05 bits per heavy atom. The summed E-state index contributed by atoms with van der Waals surface area (Å²) in [5.41, 5.74) is 3.71. The van der Waals surface area contributed by atoms with Gasteiger partial charge in [0.25, 0.3) is 0 Å². The van der Waals surface area contributed by atoms with Crippen molar-refractivity contribution in [2.45, 2.75) is 55.5 Å². The van der Waals surface area contributed by atoms with Gasteiger partial charge in [0.1, 0.15) is 6.10 Å². The number of aliphatic hydroxyl groups is 1. The summed E-state index contributed by atoms with van der Waals surface area (Å²) < 4.78 is 12.1. The smallest absolute Gasteiger partial charge is 0.237 e. The van der Waals surface area contributed by atoms with Gasteiger partial charge in [0.05, 0.1) is 31.2 Å². The van der Waals surface area contributed by atoms with Crippen molar-refractivity contribution in [3.8, 4) is 11.5 Å². The van der Waals surface area contributed by atoms with E-state index in [-0.39, 0.29) is 17.4 Å². The number of hydrogen-bond donors (Lipinski definition) is 1. The third kappa shape index (κ3) is 2.93. The van der Waals surface area contributed by atoms with Crippen LogP contribution in [0.3, 0.4) is 0 Å². The molecule has 1 amide bonds. The number of benzene rings is 2. The first-order valence-electron chi connectivity index (χ1n) is 13.6. The minimum atomic E-state index is -0.493. The van der Waals surface area contributed by atoms with Gasteiger partial charge in [-0.1, -0.05) is 36.4 Å². The third-order valence-electron chi connectivity index (χ3n) is 10.1. The van der Waals surface area contributed by atoms with Crippen molar-refractivity contribution < 1.29 is 19.4 Å². The molecule has 7 nitrogen and oxygen atoms in total. The van der Waals surface area contributed by atoms with Crippen molar-refractivity contribution in [3.05, 3.63) is 65.7 Å². The van der Waals surface area contributed by atoms with E-state index in [1.807, 2.05) is 12.1 Å². The van der Waals surface area contributed by atoms with Gasteiger partial charge in [0, 0.05) is 55.3 Å². The molecule has 7 heteroatoms. The Balaban J connectivity index is 1.03. The molecule has 6 aliphatic rings. The lowest BCUT2D eigenvalue weighted by Gasteiger charge is -2.48. The first kappa shape index (κ1) is 22.0. The van der Waals surface area contributed by atoms with Crippen molar-refractivity contribution in [1.29, 1.82) is 0 Å². The number of carbonyl (C=O) groups is 1. The van der Waals surface area contributed by atoms with Gasteiger partial charge in [-0.15, -0.1) is 0 Å². The molecule has 6 unspecified atom stereocenters. The summed E-state index contributed by atoms with van der Waals surface area (Å²) in [6.07, 6.45) is 6.06. The molecule has 0 radical (unpaired) electrons. The number of methoxy groups -OCH3 is 1. The van der Waals surface area contributed by atoms with E-state index in [1.165, 1.54) is 16.8 Å². The maximum atomic E-state index is 13.7. The molecule has 37 heavy (non-hydrogen) atoms. The standard InChI is InChI=1S/C30H33N3O4/c1-36-22-8-7-19-15-31(12-11-29-10-9-21(34)13-25(29)37-28(22)27(19)29)17-26(35)32-16-24-30(14-23(30)32)18-33(24)20-5-3-2-4-6-20/h2-10,21,23-25,34H,11-18H2,1H3. The number of amides is 1. The van der Waals surface area contributed by atoms with Crippen LogP contribution >= 0.6 is 0 Å². The van der Waals surface area contributed by atoms with Crippen molar-refractivity contribution in [3.63, 3.8) is 0 Å². The monoisotopic (exact) mass is 499 g/mol. The molecule has 2 spiro atoms. The number of aliphatic hydroxyl groups excluding tert-OH is 1. The average Bonchev–Trinajstić information content (AvgIpc) is 3.53. The average molecular weight is 500 g/mol. The molecule has 192 valence electrons. The highest BCUT2D eigenvalue weighted by Crippen LogP contribution is 2.65. The fraction of sp³-hybridized carbons (Fsp3) is 0.500. The summed E-state index contributed by atoms with van der Waals surface area (Å²) in [4.78, 5) is 20.7. The third-order valence-corrected chi connectivity index (χ3v) is 10.1. The molecule has 2 aliphatic carbocycles. The molecule has 6 atom stereocenters. The Kier molecular flexibility index (Phi) is 4.47. The summed E-state index contributed by atoms with van der Waals surface area (Å²) in [6.45, 7) is 3.88. The Morgan fingerprint density at radius 1 is 1.19 bits per heavy atom. The maximum Gasteiger partial charge on any atom is 0.237 e. The van der Waals surface area contributed by atoms with Gasteiger partial charge in [-0.25, -0.2) is 0 Å². The fourth-order valence-corrected chi connectivity index (χ4v) is 8.15. The lowest BCUT2D eigenvalue weighted by molar-refractivity contribution is -0.132. The molecule has 2 aromatic carbocycles. The number of para-hydroxylation sites is 1. The lowest BCUT2D eigenvalue weighted by Crippen LogP contribution is -2.59. The summed E-state index contributed by atoms with van der Waals surface area (Å²) in [6, 6.07) is 15.6. The summed E-state index contributed by atoms with van der Waals surface area (Å²) in [7, 11) is 1.68. The zero-order chi connectivity index (χ0) is 24.9. The number of likely N-dealkylation sites (tertiary alicyclic amines) is 1. The second-order valence-corrected chi connectivity index (χ2v) is 11.9. The van der Waals surface area contributed by atoms with E-state index >= 15 is 0 Å². The van der Waals surface area contributed by atoms with Gasteiger partial charge in [-0.2, -0.15) is 0 Å². The Labute approximate surface area is 217 Å². The van der Waals surface area contributed by atoms with E-state index in [2.05, 4.69) is 57.2 Å². The van der Waals surface area contributed by atoms with E-state index in [4.69, 9.17) is 9.47 Å². The fourth-order valence-electron chi connectivity index (χ4n) is 8.15. The molecule has 1 saturated carbocycles. The Bertz CT molecular complexity index is 1310. The molecule has 8 rings (SSSR count). The van der Waals surface area contributed by atoms with Crippen molar-refractivity contribution in [1.82, 2.24) is 9.80 Å². The van der Waals surface area contributed by atoms with Crippen molar-refractivity contribution in [2.75, 3.05) is 38.2 Å². The number of ether oxygens (including phenoxy) is 2. The van der Waals surface area contributed by atoms with Crippen LogP contribution in [0.15, 0.2) is 54.6 Å². The molecule has 2 aromatic rings. The number of rotatable bonds is 4. The van der Waals surface area contributed by atoms with E-state index in [1.54, 1.807) is 7.11 Å². The second-order valence-electron chi connectivity index (χ2n) is 11.9. The van der Waals surface area contributed by atoms with Crippen LogP contribution < -0.4 is 14.4 Å². The number of piperidine rings is 1. The summed E-state index contributed by atoms with van der Waals surface area (Å²) in [5, 5.41) is 10.3. The van der Waals surface area contributed by atoms with Crippen LogP contribution in [0.5, 0.6) is 11.5 Å². The first-order chi connectivity index (χ1) is 18.0. The van der Waals surface area contributed by atoms with Gasteiger partial charge in [0.2, 0.25) is 5.91 Å². The predicted molar refractivity (Wildman–Crippen MR) is 139 cm³/mol. The normalized spacial score (nSPS) is 36.5. The number of carbonyl (C=O) groups excluding carboxylic acids is 1. The number of anilines is 1.